The SMILES string of the molecule is C=C(/C(N)=C/N(N)c1cc(C(=O)Nc2cc(C(C)(C)C)cc(C)c2OC)ccc1C)N(C)C(=N)C(C)(C)C. The van der Waals surface area contributed by atoms with E-state index in [-0.39, 0.29) is 16.7 Å². The minimum absolute atomic E-state index is 0.0940. The summed E-state index contributed by atoms with van der Waals surface area (Å²) >= 11 is 0. The highest BCUT2D eigenvalue weighted by molar-refractivity contribution is 6.06. The maximum atomic E-state index is 13.3. The van der Waals surface area contributed by atoms with Crippen molar-refractivity contribution in [1.29, 1.82) is 5.41 Å². The molecule has 8 heteroatoms. The minimum Gasteiger partial charge on any atom is -0.494 e. The highest BCUT2D eigenvalue weighted by atomic mass is 16.5. The number of hydrogen-bond donors (Lipinski definition) is 4. The second-order valence-corrected chi connectivity index (χ2v) is 11.7. The second kappa shape index (κ2) is 11.3. The van der Waals surface area contributed by atoms with Gasteiger partial charge >= 0.3 is 0 Å². The number of aryl methyl sites for hydroxylation is 2. The number of nitrogens with zero attached hydrogens (tertiary/aromatic N) is 2. The summed E-state index contributed by atoms with van der Waals surface area (Å²) in [6, 6.07) is 9.33. The molecule has 0 radical (unpaired) electrons. The van der Waals surface area contributed by atoms with Crippen LogP contribution in [0, 0.1) is 24.7 Å². The Morgan fingerprint density at radius 1 is 1.08 bits per heavy atom. The van der Waals surface area contributed by atoms with Crippen LogP contribution in [0.15, 0.2) is 54.5 Å². The molecule has 0 bridgehead atoms. The van der Waals surface area contributed by atoms with Crippen molar-refractivity contribution < 1.29 is 9.53 Å². The van der Waals surface area contributed by atoms with Crippen molar-refractivity contribution in [2.75, 3.05) is 24.5 Å². The van der Waals surface area contributed by atoms with E-state index in [1.807, 2.05) is 46.8 Å². The molecule has 0 aromatic heterocycles. The van der Waals surface area contributed by atoms with Crippen LogP contribution < -0.4 is 26.6 Å². The topological polar surface area (TPSA) is 121 Å². The van der Waals surface area contributed by atoms with Gasteiger partial charge in [0.2, 0.25) is 0 Å². The Bertz CT molecular complexity index is 1260. The molecule has 38 heavy (non-hydrogen) atoms. The molecule has 206 valence electrons. The smallest absolute Gasteiger partial charge is 0.255 e. The standard InChI is InChI=1S/C30H44N6O2/c1-18-12-13-21(27(37)34-24-16-22(29(4,5)6)14-19(2)26(24)38-11)15-25(18)36(33)17-23(31)20(3)35(10)28(32)30(7,8)9/h12-17,32H,3,31,33H2,1-2,4-11H3,(H,34,37)/b23-17-,32-28?. The lowest BCUT2D eigenvalue weighted by atomic mass is 9.85. The molecular weight excluding hydrogens is 476 g/mol. The minimum atomic E-state index is -0.369. The summed E-state index contributed by atoms with van der Waals surface area (Å²) < 4.78 is 5.59. The highest BCUT2D eigenvalue weighted by Gasteiger charge is 2.24. The maximum absolute atomic E-state index is 13.3. The van der Waals surface area contributed by atoms with Gasteiger partial charge in [0.15, 0.2) is 0 Å². The Hall–Kier alpha value is -3.78. The first-order chi connectivity index (χ1) is 17.4. The molecule has 0 aliphatic rings. The van der Waals surface area contributed by atoms with Crippen molar-refractivity contribution in [2.45, 2.75) is 60.8 Å². The summed E-state index contributed by atoms with van der Waals surface area (Å²) in [6.45, 7) is 20.1. The van der Waals surface area contributed by atoms with Crippen LogP contribution in [0.3, 0.4) is 0 Å². The quantitative estimate of drug-likeness (QED) is 0.120. The third-order valence-corrected chi connectivity index (χ3v) is 6.40. The van der Waals surface area contributed by atoms with Gasteiger partial charge in [-0.1, -0.05) is 60.3 Å². The van der Waals surface area contributed by atoms with Crippen LogP contribution in [0.4, 0.5) is 11.4 Å². The Morgan fingerprint density at radius 3 is 2.21 bits per heavy atom. The van der Waals surface area contributed by atoms with Gasteiger partial charge in [0.1, 0.15) is 11.6 Å². The van der Waals surface area contributed by atoms with Crippen molar-refractivity contribution in [3.8, 4) is 5.75 Å². The van der Waals surface area contributed by atoms with E-state index in [0.29, 0.717) is 39.9 Å². The van der Waals surface area contributed by atoms with Crippen LogP contribution in [0.1, 0.15) is 68.6 Å². The largest absolute Gasteiger partial charge is 0.494 e. The average Bonchev–Trinajstić information content (AvgIpc) is 2.81. The number of nitrogens with one attached hydrogen (secondary N) is 2. The number of anilines is 2. The van der Waals surface area contributed by atoms with Crippen LogP contribution in [0.2, 0.25) is 0 Å². The number of carbonyl (C=O) groups is 1. The molecule has 0 fully saturated rings. The number of amides is 1. The third kappa shape index (κ3) is 6.95. The third-order valence-electron chi connectivity index (χ3n) is 6.40. The molecule has 0 atom stereocenters. The zero-order valence-corrected chi connectivity index (χ0v) is 24.5. The Balaban J connectivity index is 2.37. The number of benzene rings is 2. The van der Waals surface area contributed by atoms with Crippen molar-refractivity contribution in [1.82, 2.24) is 4.90 Å². The molecule has 8 nitrogen and oxygen atoms in total. The molecule has 1 amide bonds. The van der Waals surface area contributed by atoms with E-state index >= 15 is 0 Å². The van der Waals surface area contributed by atoms with Gasteiger partial charge in [-0.05, 0) is 54.2 Å². The molecule has 6 N–H and O–H groups in total. The van der Waals surface area contributed by atoms with Gasteiger partial charge in [0, 0.05) is 24.2 Å². The lowest BCUT2D eigenvalue weighted by molar-refractivity contribution is 0.102. The number of methoxy groups -OCH3 is 1. The second-order valence-electron chi connectivity index (χ2n) is 11.7. The molecule has 2 aromatic rings. The van der Waals surface area contributed by atoms with Gasteiger partial charge < -0.3 is 20.7 Å². The van der Waals surface area contributed by atoms with Crippen molar-refractivity contribution in [3.05, 3.63) is 76.8 Å². The zero-order valence-electron chi connectivity index (χ0n) is 24.5. The molecule has 0 aliphatic heterocycles. The van der Waals surface area contributed by atoms with Gasteiger partial charge in [-0.2, -0.15) is 0 Å². The van der Waals surface area contributed by atoms with E-state index in [0.717, 1.165) is 16.7 Å². The van der Waals surface area contributed by atoms with Crippen molar-refractivity contribution in [2.24, 2.45) is 17.0 Å². The van der Waals surface area contributed by atoms with Crippen LogP contribution in [-0.2, 0) is 5.41 Å². The molecular formula is C30H44N6O2. The number of hydrazine groups is 1. The van der Waals surface area contributed by atoms with Crippen molar-refractivity contribution in [3.63, 3.8) is 0 Å². The lowest BCUT2D eigenvalue weighted by Gasteiger charge is -2.31. The first-order valence-corrected chi connectivity index (χ1v) is 12.5. The number of nitrogens with two attached hydrogens (primary N) is 2. The first-order valence-electron chi connectivity index (χ1n) is 12.5. The Labute approximate surface area is 227 Å². The summed E-state index contributed by atoms with van der Waals surface area (Å²) in [4.78, 5) is 15.0. The van der Waals surface area contributed by atoms with E-state index in [1.165, 1.54) is 11.2 Å². The lowest BCUT2D eigenvalue weighted by Crippen LogP contribution is -2.37. The fourth-order valence-electron chi connectivity index (χ4n) is 3.92. The fraction of sp³-hybridized carbons (Fsp3) is 0.400. The van der Waals surface area contributed by atoms with Crippen LogP contribution >= 0.6 is 0 Å². The average molecular weight is 521 g/mol. The summed E-state index contributed by atoms with van der Waals surface area (Å²) in [6.07, 6.45) is 1.54. The van der Waals surface area contributed by atoms with E-state index in [2.05, 4.69) is 38.7 Å². The molecule has 0 spiro atoms. The van der Waals surface area contributed by atoms with Gasteiger partial charge in [-0.3, -0.25) is 15.2 Å². The van der Waals surface area contributed by atoms with Crippen molar-refractivity contribution >= 4 is 23.1 Å². The molecule has 2 rings (SSSR count). The summed E-state index contributed by atoms with van der Waals surface area (Å²) in [5.74, 6) is 7.07. The zero-order chi connectivity index (χ0) is 29.2. The summed E-state index contributed by atoms with van der Waals surface area (Å²) in [5, 5.41) is 12.8. The fourth-order valence-corrected chi connectivity index (χ4v) is 3.92. The number of rotatable bonds is 7. The number of likely N-dealkylation sites (N-methyl/N-ethyl adjacent to an activating group) is 1. The Morgan fingerprint density at radius 2 is 1.68 bits per heavy atom. The van der Waals surface area contributed by atoms with Crippen LogP contribution in [0.5, 0.6) is 5.75 Å². The molecule has 0 heterocycles. The van der Waals surface area contributed by atoms with E-state index in [9.17, 15) is 4.79 Å². The van der Waals surface area contributed by atoms with E-state index in [4.69, 9.17) is 21.7 Å². The molecule has 0 saturated heterocycles. The first kappa shape index (κ1) is 30.4. The monoisotopic (exact) mass is 520 g/mol. The molecule has 0 aliphatic carbocycles. The predicted octanol–water partition coefficient (Wildman–Crippen LogP) is 5.81. The normalized spacial score (nSPS) is 12.1. The molecule has 0 unspecified atom stereocenters. The summed E-state index contributed by atoms with van der Waals surface area (Å²) in [7, 11) is 3.34. The number of carbonyl (C=O) groups excluding carboxylic acids is 1. The van der Waals surface area contributed by atoms with Gasteiger partial charge in [-0.25, -0.2) is 5.84 Å². The molecule has 0 saturated carbocycles. The Kier molecular flexibility index (Phi) is 9.06. The number of amidine groups is 1. The molecule has 2 aromatic carbocycles. The van der Waals surface area contributed by atoms with Gasteiger partial charge in [-0.15, -0.1) is 0 Å². The van der Waals surface area contributed by atoms with E-state index < -0.39 is 0 Å². The summed E-state index contributed by atoms with van der Waals surface area (Å²) in [5.41, 5.74) is 11.1. The van der Waals surface area contributed by atoms with Gasteiger partial charge in [0.05, 0.1) is 29.9 Å². The number of hydrogen-bond acceptors (Lipinski definition) is 6. The van der Waals surface area contributed by atoms with E-state index in [1.54, 1.807) is 31.2 Å². The van der Waals surface area contributed by atoms with Crippen LogP contribution in [0.25, 0.3) is 0 Å². The predicted molar refractivity (Wildman–Crippen MR) is 159 cm³/mol. The van der Waals surface area contributed by atoms with Gasteiger partial charge in [0.25, 0.3) is 5.91 Å². The maximum Gasteiger partial charge on any atom is 0.255 e. The number of ether oxygens (including phenoxy) is 1. The highest BCUT2D eigenvalue weighted by Crippen LogP contribution is 2.35. The van der Waals surface area contributed by atoms with Crippen LogP contribution in [-0.4, -0.2) is 30.8 Å².